The first kappa shape index (κ1) is 14.6. The Morgan fingerprint density at radius 3 is 2.94 bits per heavy atom. The molecule has 0 aliphatic heterocycles. The van der Waals surface area contributed by atoms with Gasteiger partial charge in [0.25, 0.3) is 0 Å². The minimum absolute atomic E-state index is 0.0669. The lowest BCUT2D eigenvalue weighted by molar-refractivity contribution is -0.385. The zero-order chi connectivity index (χ0) is 13.5. The summed E-state index contributed by atoms with van der Waals surface area (Å²) in [5, 5.41) is 27.1. The Kier molecular flexibility index (Phi) is 5.69. The molecule has 0 saturated heterocycles. The summed E-state index contributed by atoms with van der Waals surface area (Å²) in [6.07, 6.45) is 1.86. The van der Waals surface area contributed by atoms with Crippen LogP contribution in [0.3, 0.4) is 0 Å². The maximum Gasteiger partial charge on any atom is 0.306 e. The second-order valence-electron chi connectivity index (χ2n) is 4.34. The van der Waals surface area contributed by atoms with Crippen LogP contribution in [-0.2, 0) is 6.54 Å². The van der Waals surface area contributed by atoms with E-state index in [-0.39, 0.29) is 12.2 Å². The molecule has 8 nitrogen and oxygen atoms in total. The van der Waals surface area contributed by atoms with Crippen LogP contribution in [0.4, 0.5) is 5.69 Å². The summed E-state index contributed by atoms with van der Waals surface area (Å²) >= 11 is 0. The van der Waals surface area contributed by atoms with Gasteiger partial charge >= 0.3 is 5.69 Å². The van der Waals surface area contributed by atoms with Crippen molar-refractivity contribution in [2.24, 2.45) is 0 Å². The van der Waals surface area contributed by atoms with E-state index in [9.17, 15) is 15.2 Å². The number of hydrogen-bond donors (Lipinski definition) is 2. The summed E-state index contributed by atoms with van der Waals surface area (Å²) in [4.78, 5) is 12.0. The molecule has 0 fully saturated rings. The fourth-order valence-corrected chi connectivity index (χ4v) is 1.40. The summed E-state index contributed by atoms with van der Waals surface area (Å²) < 4.78 is 1.37. The zero-order valence-electron chi connectivity index (χ0n) is 10.6. The number of nitrogens with zero attached hydrogens (tertiary/aromatic N) is 4. The quantitative estimate of drug-likeness (QED) is 0.363. The van der Waals surface area contributed by atoms with Crippen LogP contribution in [0.5, 0.6) is 0 Å². The minimum Gasteiger partial charge on any atom is -0.390 e. The van der Waals surface area contributed by atoms with Crippen molar-refractivity contribution >= 4 is 5.69 Å². The Morgan fingerprint density at radius 1 is 1.67 bits per heavy atom. The van der Waals surface area contributed by atoms with Gasteiger partial charge in [0.05, 0.1) is 17.6 Å². The van der Waals surface area contributed by atoms with E-state index in [4.69, 9.17) is 0 Å². The van der Waals surface area contributed by atoms with Gasteiger partial charge < -0.3 is 15.3 Å². The molecule has 1 heterocycles. The van der Waals surface area contributed by atoms with Crippen LogP contribution in [0.15, 0.2) is 12.4 Å². The number of rotatable bonds is 8. The van der Waals surface area contributed by atoms with Crippen LogP contribution in [0.25, 0.3) is 0 Å². The summed E-state index contributed by atoms with van der Waals surface area (Å²) in [7, 11) is 3.95. The van der Waals surface area contributed by atoms with E-state index in [1.165, 1.54) is 17.1 Å². The van der Waals surface area contributed by atoms with Gasteiger partial charge in [0.15, 0.2) is 0 Å². The lowest BCUT2D eigenvalue weighted by Crippen LogP contribution is -2.34. The fourth-order valence-electron chi connectivity index (χ4n) is 1.40. The van der Waals surface area contributed by atoms with Crippen molar-refractivity contribution in [2.45, 2.75) is 12.6 Å². The Labute approximate surface area is 105 Å². The van der Waals surface area contributed by atoms with E-state index >= 15 is 0 Å². The van der Waals surface area contributed by atoms with Gasteiger partial charge in [-0.2, -0.15) is 5.10 Å². The average Bonchev–Trinajstić information content (AvgIpc) is 2.72. The van der Waals surface area contributed by atoms with Crippen LogP contribution in [-0.4, -0.2) is 64.5 Å². The van der Waals surface area contributed by atoms with Crippen molar-refractivity contribution in [1.82, 2.24) is 20.0 Å². The van der Waals surface area contributed by atoms with Crippen LogP contribution in [0.1, 0.15) is 0 Å². The molecule has 1 rings (SSSR count). The largest absolute Gasteiger partial charge is 0.390 e. The predicted octanol–water partition coefficient (Wildman–Crippen LogP) is -0.697. The molecular formula is C10H19N5O3. The first-order valence-electron chi connectivity index (χ1n) is 5.69. The van der Waals surface area contributed by atoms with Crippen molar-refractivity contribution in [3.8, 4) is 0 Å². The Hall–Kier alpha value is -1.51. The third-order valence-electron chi connectivity index (χ3n) is 2.34. The number of likely N-dealkylation sites (N-methyl/N-ethyl adjacent to an activating group) is 1. The molecule has 0 aliphatic rings. The average molecular weight is 257 g/mol. The molecule has 0 saturated carbocycles. The molecule has 0 aromatic carbocycles. The highest BCUT2D eigenvalue weighted by molar-refractivity contribution is 5.20. The summed E-state index contributed by atoms with van der Waals surface area (Å²) in [6.45, 7) is 2.34. The van der Waals surface area contributed by atoms with Gasteiger partial charge in [-0.3, -0.25) is 14.8 Å². The summed E-state index contributed by atoms with van der Waals surface area (Å²) in [5.74, 6) is 0. The van der Waals surface area contributed by atoms with Crippen molar-refractivity contribution in [2.75, 3.05) is 33.7 Å². The van der Waals surface area contributed by atoms with Crippen molar-refractivity contribution in [3.63, 3.8) is 0 Å². The van der Waals surface area contributed by atoms with E-state index in [0.29, 0.717) is 6.54 Å². The van der Waals surface area contributed by atoms with Crippen molar-refractivity contribution < 1.29 is 10.0 Å². The van der Waals surface area contributed by atoms with Gasteiger partial charge in [0.1, 0.15) is 12.4 Å². The number of nitro groups is 1. The van der Waals surface area contributed by atoms with E-state index < -0.39 is 11.0 Å². The highest BCUT2D eigenvalue weighted by atomic mass is 16.6. The minimum atomic E-state index is -0.619. The van der Waals surface area contributed by atoms with Gasteiger partial charge in [-0.05, 0) is 14.1 Å². The van der Waals surface area contributed by atoms with Gasteiger partial charge in [-0.25, -0.2) is 0 Å². The standard InChI is InChI=1S/C10H19N5O3/c1-13(2)4-3-11-6-10(16)8-14-7-9(5-12-14)15(17)18/h5,7,10-11,16H,3-4,6,8H2,1-2H3. The molecule has 1 atom stereocenters. The van der Waals surface area contributed by atoms with Crippen LogP contribution in [0, 0.1) is 10.1 Å². The number of aromatic nitrogens is 2. The third-order valence-corrected chi connectivity index (χ3v) is 2.34. The van der Waals surface area contributed by atoms with Crippen molar-refractivity contribution in [1.29, 1.82) is 0 Å². The molecule has 1 aromatic rings. The second kappa shape index (κ2) is 7.04. The lowest BCUT2D eigenvalue weighted by Gasteiger charge is -2.13. The lowest BCUT2D eigenvalue weighted by atomic mass is 10.3. The molecule has 0 amide bonds. The topological polar surface area (TPSA) is 96.5 Å². The van der Waals surface area contributed by atoms with E-state index in [1.807, 2.05) is 19.0 Å². The first-order chi connectivity index (χ1) is 8.49. The Bertz CT molecular complexity index is 379. The number of aliphatic hydroxyl groups is 1. The molecule has 0 spiro atoms. The van der Waals surface area contributed by atoms with Gasteiger partial charge in [0.2, 0.25) is 0 Å². The van der Waals surface area contributed by atoms with Gasteiger partial charge in [-0.1, -0.05) is 0 Å². The maximum absolute atomic E-state index is 10.4. The van der Waals surface area contributed by atoms with Crippen LogP contribution < -0.4 is 5.32 Å². The zero-order valence-corrected chi connectivity index (χ0v) is 10.6. The van der Waals surface area contributed by atoms with Gasteiger partial charge in [-0.15, -0.1) is 0 Å². The molecule has 1 aromatic heterocycles. The molecule has 102 valence electrons. The second-order valence-corrected chi connectivity index (χ2v) is 4.34. The first-order valence-corrected chi connectivity index (χ1v) is 5.69. The molecule has 0 bridgehead atoms. The summed E-state index contributed by atoms with van der Waals surface area (Å²) in [6, 6.07) is 0. The Balaban J connectivity index is 2.26. The molecule has 1 unspecified atom stereocenters. The van der Waals surface area contributed by atoms with E-state index in [1.54, 1.807) is 0 Å². The highest BCUT2D eigenvalue weighted by Crippen LogP contribution is 2.07. The molecule has 18 heavy (non-hydrogen) atoms. The fraction of sp³-hybridized carbons (Fsp3) is 0.700. The van der Waals surface area contributed by atoms with E-state index in [0.717, 1.165) is 13.1 Å². The smallest absolute Gasteiger partial charge is 0.306 e. The van der Waals surface area contributed by atoms with Crippen LogP contribution >= 0.6 is 0 Å². The SMILES string of the molecule is CN(C)CCNCC(O)Cn1cc([N+](=O)[O-])cn1. The summed E-state index contributed by atoms with van der Waals surface area (Å²) in [5.41, 5.74) is -0.0669. The molecule has 2 N–H and O–H groups in total. The molecule has 8 heteroatoms. The monoisotopic (exact) mass is 257 g/mol. The number of aliphatic hydroxyl groups excluding tert-OH is 1. The van der Waals surface area contributed by atoms with Crippen LogP contribution in [0.2, 0.25) is 0 Å². The Morgan fingerprint density at radius 2 is 2.39 bits per heavy atom. The van der Waals surface area contributed by atoms with E-state index in [2.05, 4.69) is 10.4 Å². The maximum atomic E-state index is 10.4. The van der Waals surface area contributed by atoms with Crippen molar-refractivity contribution in [3.05, 3.63) is 22.5 Å². The van der Waals surface area contributed by atoms with Gasteiger partial charge in [0, 0.05) is 19.6 Å². The molecule has 0 aliphatic carbocycles. The molecule has 0 radical (unpaired) electrons. The third kappa shape index (κ3) is 5.21. The molecular weight excluding hydrogens is 238 g/mol. The normalized spacial score (nSPS) is 12.9. The number of hydrogen-bond acceptors (Lipinski definition) is 6. The highest BCUT2D eigenvalue weighted by Gasteiger charge is 2.11. The predicted molar refractivity (Wildman–Crippen MR) is 66.3 cm³/mol. The number of nitrogens with one attached hydrogen (secondary N) is 1.